The number of phenols is 2. The maximum Gasteiger partial charge on any atom is 0.200 e. The summed E-state index contributed by atoms with van der Waals surface area (Å²) >= 11 is 0. The fourth-order valence-electron chi connectivity index (χ4n) is 2.76. The van der Waals surface area contributed by atoms with Crippen LogP contribution in [-0.2, 0) is 6.42 Å². The Morgan fingerprint density at radius 3 is 2.09 bits per heavy atom. The van der Waals surface area contributed by atoms with Crippen LogP contribution >= 0.6 is 0 Å². The van der Waals surface area contributed by atoms with Crippen molar-refractivity contribution in [3.05, 3.63) is 17.7 Å². The first-order chi connectivity index (χ1) is 11.2. The molecule has 1 aromatic carbocycles. The largest absolute Gasteiger partial charge is 0.504 e. The summed E-state index contributed by atoms with van der Waals surface area (Å²) in [7, 11) is 0. The Bertz CT molecular complexity index is 429. The summed E-state index contributed by atoms with van der Waals surface area (Å²) in [5, 5.41) is 19.8. The van der Waals surface area contributed by atoms with E-state index >= 15 is 0 Å². The third kappa shape index (κ3) is 7.62. The molecule has 0 aliphatic heterocycles. The normalized spacial score (nSPS) is 10.9. The van der Waals surface area contributed by atoms with E-state index in [0.29, 0.717) is 12.4 Å². The number of unbranched alkanes of at least 4 members (excludes halogenated alkanes) is 8. The summed E-state index contributed by atoms with van der Waals surface area (Å²) in [6.07, 6.45) is 12.9. The van der Waals surface area contributed by atoms with E-state index in [4.69, 9.17) is 4.74 Å². The molecule has 1 rings (SSSR count). The molecule has 0 spiro atoms. The molecule has 0 bridgehead atoms. The highest BCUT2D eigenvalue weighted by molar-refractivity contribution is 5.54. The van der Waals surface area contributed by atoms with Crippen LogP contribution in [0.5, 0.6) is 17.2 Å². The van der Waals surface area contributed by atoms with E-state index < -0.39 is 0 Å². The van der Waals surface area contributed by atoms with Crippen molar-refractivity contribution in [1.82, 2.24) is 0 Å². The van der Waals surface area contributed by atoms with Crippen molar-refractivity contribution in [3.8, 4) is 17.2 Å². The Morgan fingerprint density at radius 2 is 1.39 bits per heavy atom. The van der Waals surface area contributed by atoms with Gasteiger partial charge in [-0.1, -0.05) is 71.3 Å². The second kappa shape index (κ2) is 12.1. The zero-order chi connectivity index (χ0) is 16.9. The van der Waals surface area contributed by atoms with E-state index in [-0.39, 0.29) is 11.5 Å². The van der Waals surface area contributed by atoms with Gasteiger partial charge in [0.1, 0.15) is 0 Å². The monoisotopic (exact) mass is 322 g/mol. The molecule has 0 heterocycles. The van der Waals surface area contributed by atoms with Crippen molar-refractivity contribution in [1.29, 1.82) is 0 Å². The molecule has 2 N–H and O–H groups in total. The Labute approximate surface area is 141 Å². The van der Waals surface area contributed by atoms with Crippen LogP contribution in [0.15, 0.2) is 12.1 Å². The number of rotatable bonds is 13. The van der Waals surface area contributed by atoms with Gasteiger partial charge in [0.05, 0.1) is 6.61 Å². The van der Waals surface area contributed by atoms with Gasteiger partial charge >= 0.3 is 0 Å². The summed E-state index contributed by atoms with van der Waals surface area (Å²) in [4.78, 5) is 0. The molecule has 0 aliphatic carbocycles. The molecule has 3 heteroatoms. The number of ether oxygens (including phenoxy) is 1. The molecule has 3 nitrogen and oxygen atoms in total. The summed E-state index contributed by atoms with van der Waals surface area (Å²) in [5.41, 5.74) is 1.00. The highest BCUT2D eigenvalue weighted by Gasteiger charge is 2.13. The second-order valence-corrected chi connectivity index (χ2v) is 6.35. The summed E-state index contributed by atoms with van der Waals surface area (Å²) in [5.74, 6) is 0.277. The lowest BCUT2D eigenvalue weighted by Crippen LogP contribution is -2.01. The third-order valence-electron chi connectivity index (χ3n) is 4.24. The Hall–Kier alpha value is -1.38. The lowest BCUT2D eigenvalue weighted by atomic mass is 10.0. The van der Waals surface area contributed by atoms with E-state index in [1.54, 1.807) is 6.07 Å². The van der Waals surface area contributed by atoms with E-state index in [9.17, 15) is 10.2 Å². The van der Waals surface area contributed by atoms with Crippen LogP contribution in [-0.4, -0.2) is 16.8 Å². The maximum atomic E-state index is 10.1. The van der Waals surface area contributed by atoms with Crippen LogP contribution in [0.4, 0.5) is 0 Å². The number of aryl methyl sites for hydroxylation is 1. The lowest BCUT2D eigenvalue weighted by molar-refractivity contribution is 0.280. The predicted octanol–water partition coefficient (Wildman–Crippen LogP) is 5.96. The quantitative estimate of drug-likeness (QED) is 0.348. The predicted molar refractivity (Wildman–Crippen MR) is 96.5 cm³/mol. The van der Waals surface area contributed by atoms with Gasteiger partial charge < -0.3 is 14.9 Å². The van der Waals surface area contributed by atoms with Crippen LogP contribution in [0, 0.1) is 0 Å². The van der Waals surface area contributed by atoms with Gasteiger partial charge in [0.25, 0.3) is 0 Å². The lowest BCUT2D eigenvalue weighted by Gasteiger charge is -2.14. The first-order valence-corrected chi connectivity index (χ1v) is 9.37. The van der Waals surface area contributed by atoms with E-state index in [2.05, 4.69) is 13.8 Å². The number of hydrogen-bond acceptors (Lipinski definition) is 3. The minimum atomic E-state index is -0.107. The molecule has 0 saturated carbocycles. The van der Waals surface area contributed by atoms with Crippen molar-refractivity contribution in [2.75, 3.05) is 6.61 Å². The zero-order valence-electron chi connectivity index (χ0n) is 14.9. The van der Waals surface area contributed by atoms with Crippen LogP contribution < -0.4 is 4.74 Å². The Kier molecular flexibility index (Phi) is 10.3. The highest BCUT2D eigenvalue weighted by Crippen LogP contribution is 2.39. The Morgan fingerprint density at radius 1 is 0.783 bits per heavy atom. The number of phenolic OH excluding ortho intramolecular Hbond substituents is 2. The van der Waals surface area contributed by atoms with Gasteiger partial charge in [0, 0.05) is 0 Å². The first-order valence-electron chi connectivity index (χ1n) is 9.37. The van der Waals surface area contributed by atoms with E-state index in [1.165, 1.54) is 44.9 Å². The van der Waals surface area contributed by atoms with Crippen molar-refractivity contribution in [2.24, 2.45) is 0 Å². The molecule has 0 fully saturated rings. The molecule has 23 heavy (non-hydrogen) atoms. The average Bonchev–Trinajstić information content (AvgIpc) is 2.55. The number of hydrogen-bond donors (Lipinski definition) is 2. The summed E-state index contributed by atoms with van der Waals surface area (Å²) in [6.45, 7) is 5.02. The van der Waals surface area contributed by atoms with Crippen LogP contribution in [0.25, 0.3) is 0 Å². The summed E-state index contributed by atoms with van der Waals surface area (Å²) < 4.78 is 5.80. The standard InChI is InChI=1S/C20H34O3/c1-3-5-7-9-10-12-16-23-20-17(13-11-8-6-4-2)14-15-18(21)19(20)22/h14-15,21-22H,3-13,16H2,1-2H3. The van der Waals surface area contributed by atoms with Gasteiger partial charge in [0.15, 0.2) is 11.5 Å². The molecule has 0 amide bonds. The van der Waals surface area contributed by atoms with Crippen molar-refractivity contribution in [2.45, 2.75) is 84.5 Å². The SMILES string of the molecule is CCCCCCCCOc1c(CCCCCC)ccc(O)c1O. The van der Waals surface area contributed by atoms with Crippen LogP contribution in [0.2, 0.25) is 0 Å². The molecule has 1 aromatic rings. The molecule has 132 valence electrons. The minimum Gasteiger partial charge on any atom is -0.504 e. The average molecular weight is 322 g/mol. The van der Waals surface area contributed by atoms with Crippen molar-refractivity contribution < 1.29 is 14.9 Å². The minimum absolute atomic E-state index is 0.0970. The fourth-order valence-corrected chi connectivity index (χ4v) is 2.76. The molecule has 0 radical (unpaired) electrons. The highest BCUT2D eigenvalue weighted by atomic mass is 16.5. The molecular weight excluding hydrogens is 288 g/mol. The topological polar surface area (TPSA) is 49.7 Å². The smallest absolute Gasteiger partial charge is 0.200 e. The van der Waals surface area contributed by atoms with Crippen molar-refractivity contribution in [3.63, 3.8) is 0 Å². The van der Waals surface area contributed by atoms with Gasteiger partial charge in [-0.25, -0.2) is 0 Å². The molecule has 0 aromatic heterocycles. The van der Waals surface area contributed by atoms with Gasteiger partial charge in [-0.15, -0.1) is 0 Å². The van der Waals surface area contributed by atoms with E-state index in [1.807, 2.05) is 6.07 Å². The fraction of sp³-hybridized carbons (Fsp3) is 0.700. The van der Waals surface area contributed by atoms with Gasteiger partial charge in [0.2, 0.25) is 5.75 Å². The first kappa shape index (κ1) is 19.7. The molecule has 0 saturated heterocycles. The molecular formula is C20H34O3. The van der Waals surface area contributed by atoms with Crippen LogP contribution in [0.1, 0.15) is 83.6 Å². The summed E-state index contributed by atoms with van der Waals surface area (Å²) in [6, 6.07) is 3.43. The number of benzene rings is 1. The second-order valence-electron chi connectivity index (χ2n) is 6.35. The molecule has 0 atom stereocenters. The van der Waals surface area contributed by atoms with Crippen LogP contribution in [0.3, 0.4) is 0 Å². The Balaban J connectivity index is 2.45. The van der Waals surface area contributed by atoms with Crippen molar-refractivity contribution >= 4 is 0 Å². The van der Waals surface area contributed by atoms with E-state index in [0.717, 1.165) is 31.2 Å². The third-order valence-corrected chi connectivity index (χ3v) is 4.24. The van der Waals surface area contributed by atoms with Gasteiger partial charge in [-0.05, 0) is 30.9 Å². The maximum absolute atomic E-state index is 10.1. The molecule has 0 aliphatic rings. The van der Waals surface area contributed by atoms with Gasteiger partial charge in [-0.2, -0.15) is 0 Å². The van der Waals surface area contributed by atoms with Gasteiger partial charge in [-0.3, -0.25) is 0 Å². The molecule has 0 unspecified atom stereocenters. The zero-order valence-corrected chi connectivity index (χ0v) is 14.9. The number of aromatic hydroxyl groups is 2.